The second kappa shape index (κ2) is 19.6. The van der Waals surface area contributed by atoms with Crippen LogP contribution in [0.5, 0.6) is 0 Å². The van der Waals surface area contributed by atoms with Gasteiger partial charge in [-0.05, 0) is 199 Å². The zero-order valence-electron chi connectivity index (χ0n) is 49.5. The highest BCUT2D eigenvalue weighted by molar-refractivity contribution is 5.92. The smallest absolute Gasteiger partial charge is 0.138 e. The SMILES string of the molecule is Cc1cccc(N(c2ccc3c(c2)C(C)(C)c2cc(C=Cc4ccc5c(c4)C(C)(C)c4cc(C=Cc6ccc7c(c6)C(C)(C)c6cc(N(c8cccc(C)c8)c8ccc9ccccc9n8)ccc6-7)ccc4-5)ccc2-3)c2ccc3ccccc3n2)c1. The Bertz CT molecular complexity index is 4500. The normalized spacial score (nSPS) is 14.5. The lowest BCUT2D eigenvalue weighted by Crippen LogP contribution is -2.17. The molecule has 0 radical (unpaired) electrons. The molecule has 12 aromatic rings. The fourth-order valence-electron chi connectivity index (χ4n) is 14.1. The topological polar surface area (TPSA) is 32.3 Å². The molecule has 4 nitrogen and oxygen atoms in total. The first-order valence-electron chi connectivity index (χ1n) is 29.9. The highest BCUT2D eigenvalue weighted by Gasteiger charge is 2.39. The maximum atomic E-state index is 5.19. The fraction of sp³-hybridized carbons (Fsp3) is 0.136. The minimum absolute atomic E-state index is 0.165. The van der Waals surface area contributed by atoms with Gasteiger partial charge in [0.25, 0.3) is 0 Å². The van der Waals surface area contributed by atoms with Crippen LogP contribution in [0.2, 0.25) is 0 Å². The van der Waals surface area contributed by atoms with Crippen molar-refractivity contribution in [2.24, 2.45) is 0 Å². The Morgan fingerprint density at radius 2 is 0.588 bits per heavy atom. The number of benzene rings is 10. The first kappa shape index (κ1) is 51.9. The van der Waals surface area contributed by atoms with Crippen molar-refractivity contribution in [3.05, 3.63) is 297 Å². The summed E-state index contributed by atoms with van der Waals surface area (Å²) < 4.78 is 0. The van der Waals surface area contributed by atoms with Crippen LogP contribution in [0.25, 0.3) is 79.5 Å². The summed E-state index contributed by atoms with van der Waals surface area (Å²) in [6.07, 6.45) is 9.16. The molecule has 0 N–H and O–H groups in total. The van der Waals surface area contributed by atoms with Gasteiger partial charge in [0.1, 0.15) is 11.6 Å². The van der Waals surface area contributed by atoms with Crippen LogP contribution in [-0.2, 0) is 16.2 Å². The molecule has 3 aliphatic rings. The molecule has 0 saturated heterocycles. The summed E-state index contributed by atoms with van der Waals surface area (Å²) in [6.45, 7) is 18.6. The number of aromatic nitrogens is 2. The minimum atomic E-state index is -0.211. The van der Waals surface area contributed by atoms with Crippen LogP contribution in [0.3, 0.4) is 0 Å². The molecule has 0 amide bonds. The molecule has 10 aromatic carbocycles. The van der Waals surface area contributed by atoms with E-state index in [0.29, 0.717) is 0 Å². The van der Waals surface area contributed by atoms with E-state index < -0.39 is 0 Å². The number of nitrogens with zero attached hydrogens (tertiary/aromatic N) is 4. The van der Waals surface area contributed by atoms with Gasteiger partial charge in [-0.2, -0.15) is 0 Å². The Kier molecular flexibility index (Phi) is 12.0. The van der Waals surface area contributed by atoms with E-state index in [1.807, 2.05) is 0 Å². The summed E-state index contributed by atoms with van der Waals surface area (Å²) in [5, 5.41) is 2.26. The van der Waals surface area contributed by atoms with Gasteiger partial charge in [-0.25, -0.2) is 9.97 Å². The molecule has 0 bridgehead atoms. The van der Waals surface area contributed by atoms with Gasteiger partial charge in [-0.3, -0.25) is 9.80 Å². The van der Waals surface area contributed by atoms with Gasteiger partial charge in [0.05, 0.1) is 11.0 Å². The van der Waals surface area contributed by atoms with E-state index in [4.69, 9.17) is 9.97 Å². The van der Waals surface area contributed by atoms with Gasteiger partial charge in [-0.15, -0.1) is 0 Å². The predicted molar refractivity (Wildman–Crippen MR) is 359 cm³/mol. The van der Waals surface area contributed by atoms with Gasteiger partial charge >= 0.3 is 0 Å². The fourth-order valence-corrected chi connectivity index (χ4v) is 14.1. The monoisotopic (exact) mass is 1090 g/mol. The number of fused-ring (bicyclic) bond motifs is 11. The summed E-state index contributed by atoms with van der Waals surface area (Å²) >= 11 is 0. The van der Waals surface area contributed by atoms with Gasteiger partial charge in [-0.1, -0.05) is 211 Å². The van der Waals surface area contributed by atoms with Crippen molar-refractivity contribution in [1.29, 1.82) is 0 Å². The average Bonchev–Trinajstić information content (AvgIpc) is 1.72. The Morgan fingerprint density at radius 1 is 0.282 bits per heavy atom. The van der Waals surface area contributed by atoms with Crippen molar-refractivity contribution in [1.82, 2.24) is 9.97 Å². The van der Waals surface area contributed by atoms with Crippen LogP contribution in [0.4, 0.5) is 34.4 Å². The summed E-state index contributed by atoms with van der Waals surface area (Å²) in [6, 6.07) is 84.8. The van der Waals surface area contributed by atoms with Crippen LogP contribution in [-0.4, -0.2) is 9.97 Å². The number of pyridine rings is 2. The first-order chi connectivity index (χ1) is 41.1. The highest BCUT2D eigenvalue weighted by atomic mass is 15.2. The summed E-state index contributed by atoms with van der Waals surface area (Å²) in [5.74, 6) is 1.80. The number of rotatable bonds is 10. The molecule has 3 aliphatic carbocycles. The van der Waals surface area contributed by atoms with E-state index in [9.17, 15) is 0 Å². The molecule has 0 aliphatic heterocycles. The molecule has 15 rings (SSSR count). The second-order valence-corrected chi connectivity index (χ2v) is 25.3. The minimum Gasteiger partial charge on any atom is -0.295 e. The second-order valence-electron chi connectivity index (χ2n) is 25.3. The molecule has 85 heavy (non-hydrogen) atoms. The van der Waals surface area contributed by atoms with Crippen molar-refractivity contribution in [3.8, 4) is 33.4 Å². The highest BCUT2D eigenvalue weighted by Crippen LogP contribution is 2.54. The predicted octanol–water partition coefficient (Wildman–Crippen LogP) is 21.6. The molecule has 0 spiro atoms. The van der Waals surface area contributed by atoms with Gasteiger partial charge in [0.2, 0.25) is 0 Å². The van der Waals surface area contributed by atoms with Gasteiger partial charge < -0.3 is 0 Å². The zero-order valence-corrected chi connectivity index (χ0v) is 49.5. The number of hydrogen-bond donors (Lipinski definition) is 0. The van der Waals surface area contributed by atoms with Crippen molar-refractivity contribution in [2.45, 2.75) is 71.6 Å². The summed E-state index contributed by atoms with van der Waals surface area (Å²) in [4.78, 5) is 15.0. The molecule has 0 saturated carbocycles. The van der Waals surface area contributed by atoms with Crippen LogP contribution in [0.1, 0.15) is 108 Å². The Morgan fingerprint density at radius 3 is 0.929 bits per heavy atom. The largest absolute Gasteiger partial charge is 0.295 e. The van der Waals surface area contributed by atoms with Gasteiger partial charge in [0.15, 0.2) is 0 Å². The molecule has 0 atom stereocenters. The molecular formula is C81H66N4. The molecular weight excluding hydrogens is 1030 g/mol. The zero-order chi connectivity index (χ0) is 57.9. The van der Waals surface area contributed by atoms with Crippen LogP contribution < -0.4 is 9.80 Å². The van der Waals surface area contributed by atoms with E-state index in [1.54, 1.807) is 0 Å². The number of hydrogen-bond acceptors (Lipinski definition) is 4. The third-order valence-electron chi connectivity index (χ3n) is 18.7. The van der Waals surface area contributed by atoms with E-state index in [-0.39, 0.29) is 16.2 Å². The lowest BCUT2D eigenvalue weighted by molar-refractivity contribution is 0.660. The average molecular weight is 1100 g/mol. The van der Waals surface area contributed by atoms with Crippen molar-refractivity contribution < 1.29 is 0 Å². The van der Waals surface area contributed by atoms with Gasteiger partial charge in [0, 0.05) is 49.8 Å². The molecule has 410 valence electrons. The van der Waals surface area contributed by atoms with Crippen LogP contribution in [0, 0.1) is 13.8 Å². The number of para-hydroxylation sites is 2. The van der Waals surface area contributed by atoms with E-state index in [2.05, 4.69) is 320 Å². The molecule has 2 aromatic heterocycles. The molecule has 0 fully saturated rings. The lowest BCUT2D eigenvalue weighted by Gasteiger charge is -2.27. The third kappa shape index (κ3) is 8.73. The Hall–Kier alpha value is -9.90. The van der Waals surface area contributed by atoms with Crippen molar-refractivity contribution in [3.63, 3.8) is 0 Å². The Labute approximate surface area is 499 Å². The molecule has 0 unspecified atom stereocenters. The number of aryl methyl sites for hydroxylation is 2. The van der Waals surface area contributed by atoms with E-state index in [1.165, 1.54) is 100 Å². The van der Waals surface area contributed by atoms with Crippen LogP contribution >= 0.6 is 0 Å². The first-order valence-corrected chi connectivity index (χ1v) is 29.9. The number of anilines is 6. The maximum absolute atomic E-state index is 5.19. The van der Waals surface area contributed by atoms with Crippen molar-refractivity contribution >= 4 is 80.5 Å². The lowest BCUT2D eigenvalue weighted by atomic mass is 9.81. The quantitative estimate of drug-likeness (QED) is 0.128. The molecule has 2 heterocycles. The van der Waals surface area contributed by atoms with Crippen molar-refractivity contribution in [2.75, 3.05) is 9.80 Å². The van der Waals surface area contributed by atoms with E-state index in [0.717, 1.165) is 56.2 Å². The Balaban J connectivity index is 0.667. The summed E-state index contributed by atoms with van der Waals surface area (Å²) in [5.41, 5.74) is 28.9. The summed E-state index contributed by atoms with van der Waals surface area (Å²) in [7, 11) is 0. The third-order valence-corrected chi connectivity index (χ3v) is 18.7. The molecule has 4 heteroatoms. The van der Waals surface area contributed by atoms with E-state index >= 15 is 0 Å². The van der Waals surface area contributed by atoms with Crippen LogP contribution in [0.15, 0.2) is 231 Å². The maximum Gasteiger partial charge on any atom is 0.138 e. The standard InChI is InChI=1S/C81H66N4/c1-51-15-13-19-59(43-51)84(77-41-31-57-17-9-11-21-75(57)82-77)61-33-39-67-65-37-29-55(47-71(65)80(5,6)73(67)49-61)25-23-53-27-35-63-64-36-28-54(46-70(64)79(3,4)69(63)45-53)24-26-56-30-38-66-68-40-34-62(50-74(68)81(7,8)72(66)48-56)85(60-20-14-16-52(2)44-60)78-42-32-58-18-10-12-22-76(58)83-78/h9-50H,1-8H3.